The Bertz CT molecular complexity index is 831. The fourth-order valence-electron chi connectivity index (χ4n) is 2.16. The molecule has 0 atom stereocenters. The van der Waals surface area contributed by atoms with Crippen molar-refractivity contribution in [1.82, 2.24) is 14.1 Å². The van der Waals surface area contributed by atoms with Gasteiger partial charge in [-0.3, -0.25) is 4.68 Å². The fourth-order valence-corrected chi connectivity index (χ4v) is 3.62. The maximum absolute atomic E-state index is 13.3. The van der Waals surface area contributed by atoms with Gasteiger partial charge in [0.15, 0.2) is 0 Å². The molecule has 0 saturated heterocycles. The predicted molar refractivity (Wildman–Crippen MR) is 77.9 cm³/mol. The van der Waals surface area contributed by atoms with Crippen LogP contribution in [0.3, 0.4) is 0 Å². The molecule has 1 aromatic carbocycles. The Morgan fingerprint density at radius 1 is 1.29 bits per heavy atom. The SMILES string of the molecule is CCN(Cc1cnn(C)c1)S(=O)(=O)c1ccc(F)c(C(F)(F)F)c1. The Labute approximate surface area is 136 Å². The summed E-state index contributed by atoms with van der Waals surface area (Å²) in [6.45, 7) is 1.55. The third kappa shape index (κ3) is 3.75. The summed E-state index contributed by atoms with van der Waals surface area (Å²) in [6.07, 6.45) is -1.91. The molecule has 1 aromatic heterocycles. The molecule has 10 heteroatoms. The lowest BCUT2D eigenvalue weighted by atomic mass is 10.2. The van der Waals surface area contributed by atoms with Crippen molar-refractivity contribution in [3.8, 4) is 0 Å². The smallest absolute Gasteiger partial charge is 0.275 e. The van der Waals surface area contributed by atoms with Crippen molar-refractivity contribution in [3.05, 3.63) is 47.5 Å². The first-order chi connectivity index (χ1) is 11.1. The van der Waals surface area contributed by atoms with Crippen molar-refractivity contribution in [1.29, 1.82) is 0 Å². The van der Waals surface area contributed by atoms with E-state index >= 15 is 0 Å². The minimum Gasteiger partial charge on any atom is -0.275 e. The first kappa shape index (κ1) is 18.4. The van der Waals surface area contributed by atoms with Gasteiger partial charge in [-0.05, 0) is 18.2 Å². The van der Waals surface area contributed by atoms with Crippen LogP contribution in [0, 0.1) is 5.82 Å². The van der Waals surface area contributed by atoms with Crippen molar-refractivity contribution < 1.29 is 26.0 Å². The standard InChI is InChI=1S/C14H15F4N3O2S/c1-3-21(9-10-7-19-20(2)8-10)24(22,23)11-4-5-13(15)12(6-11)14(16,17)18/h4-8H,3,9H2,1-2H3. The Morgan fingerprint density at radius 2 is 1.96 bits per heavy atom. The molecule has 0 aliphatic carbocycles. The minimum atomic E-state index is -4.98. The number of alkyl halides is 3. The van der Waals surface area contributed by atoms with E-state index < -0.39 is 32.5 Å². The number of nitrogens with zero attached hydrogens (tertiary/aromatic N) is 3. The highest BCUT2D eigenvalue weighted by molar-refractivity contribution is 7.89. The van der Waals surface area contributed by atoms with Gasteiger partial charge in [-0.15, -0.1) is 0 Å². The molecule has 0 fully saturated rings. The molecule has 5 nitrogen and oxygen atoms in total. The molecule has 0 unspecified atom stereocenters. The van der Waals surface area contributed by atoms with Crippen LogP contribution in [0.15, 0.2) is 35.5 Å². The van der Waals surface area contributed by atoms with E-state index in [-0.39, 0.29) is 13.1 Å². The lowest BCUT2D eigenvalue weighted by molar-refractivity contribution is -0.140. The predicted octanol–water partition coefficient (Wildman–Crippen LogP) is 2.79. The fraction of sp³-hybridized carbons (Fsp3) is 0.357. The topological polar surface area (TPSA) is 55.2 Å². The monoisotopic (exact) mass is 365 g/mol. The number of aryl methyl sites for hydroxylation is 1. The van der Waals surface area contributed by atoms with Gasteiger partial charge < -0.3 is 0 Å². The first-order valence-corrected chi connectivity index (χ1v) is 8.34. The molecule has 0 aliphatic rings. The van der Waals surface area contributed by atoms with Crippen molar-refractivity contribution in [2.45, 2.75) is 24.5 Å². The summed E-state index contributed by atoms with van der Waals surface area (Å²) in [5.41, 5.74) is -1.03. The van der Waals surface area contributed by atoms with E-state index in [0.29, 0.717) is 17.7 Å². The van der Waals surface area contributed by atoms with Gasteiger partial charge in [-0.25, -0.2) is 12.8 Å². The summed E-state index contributed by atoms with van der Waals surface area (Å²) in [6, 6.07) is 1.65. The van der Waals surface area contributed by atoms with Crippen molar-refractivity contribution >= 4 is 10.0 Å². The highest BCUT2D eigenvalue weighted by atomic mass is 32.2. The lowest BCUT2D eigenvalue weighted by Crippen LogP contribution is -2.30. The zero-order valence-corrected chi connectivity index (χ0v) is 13.7. The van der Waals surface area contributed by atoms with Crippen LogP contribution in [-0.2, 0) is 29.8 Å². The molecule has 0 bridgehead atoms. The van der Waals surface area contributed by atoms with Gasteiger partial charge in [0.25, 0.3) is 0 Å². The zero-order chi connectivity index (χ0) is 18.1. The van der Waals surface area contributed by atoms with Crippen LogP contribution in [-0.4, -0.2) is 29.0 Å². The Balaban J connectivity index is 2.41. The minimum absolute atomic E-state index is 0.0377. The highest BCUT2D eigenvalue weighted by Gasteiger charge is 2.36. The molecular formula is C14H15F4N3O2S. The number of hydrogen-bond acceptors (Lipinski definition) is 3. The molecule has 0 N–H and O–H groups in total. The summed E-state index contributed by atoms with van der Waals surface area (Å²) in [5.74, 6) is -1.52. The van der Waals surface area contributed by atoms with Crippen LogP contribution in [0.25, 0.3) is 0 Å². The Kier molecular flexibility index (Phi) is 5.00. The molecule has 0 aliphatic heterocycles. The molecule has 0 saturated carbocycles. The van der Waals surface area contributed by atoms with Gasteiger partial charge in [-0.2, -0.15) is 22.6 Å². The molecule has 0 amide bonds. The van der Waals surface area contributed by atoms with Crippen LogP contribution in [0.2, 0.25) is 0 Å². The number of aromatic nitrogens is 2. The Morgan fingerprint density at radius 3 is 2.46 bits per heavy atom. The summed E-state index contributed by atoms with van der Waals surface area (Å²) >= 11 is 0. The van der Waals surface area contributed by atoms with Crippen molar-refractivity contribution in [2.24, 2.45) is 7.05 Å². The zero-order valence-electron chi connectivity index (χ0n) is 12.9. The van der Waals surface area contributed by atoms with Crippen LogP contribution in [0.4, 0.5) is 17.6 Å². The van der Waals surface area contributed by atoms with E-state index in [9.17, 15) is 26.0 Å². The molecule has 1 heterocycles. The number of hydrogen-bond donors (Lipinski definition) is 0. The largest absolute Gasteiger partial charge is 0.419 e. The maximum atomic E-state index is 13.3. The lowest BCUT2D eigenvalue weighted by Gasteiger charge is -2.20. The second-order valence-corrected chi connectivity index (χ2v) is 7.03. The van der Waals surface area contributed by atoms with E-state index in [4.69, 9.17) is 0 Å². The number of halogens is 4. The average molecular weight is 365 g/mol. The van der Waals surface area contributed by atoms with Gasteiger partial charge in [0.05, 0.1) is 16.7 Å². The third-order valence-electron chi connectivity index (χ3n) is 3.35. The van der Waals surface area contributed by atoms with Gasteiger partial charge in [-0.1, -0.05) is 6.92 Å². The molecule has 0 spiro atoms. The van der Waals surface area contributed by atoms with Crippen LogP contribution in [0.1, 0.15) is 18.1 Å². The van der Waals surface area contributed by atoms with E-state index in [2.05, 4.69) is 5.10 Å². The van der Waals surface area contributed by atoms with Crippen molar-refractivity contribution in [2.75, 3.05) is 6.54 Å². The number of sulfonamides is 1. The molecule has 0 radical (unpaired) electrons. The summed E-state index contributed by atoms with van der Waals surface area (Å²) in [4.78, 5) is -0.609. The highest BCUT2D eigenvalue weighted by Crippen LogP contribution is 2.33. The second kappa shape index (κ2) is 6.52. The van der Waals surface area contributed by atoms with Crippen LogP contribution >= 0.6 is 0 Å². The molecule has 2 rings (SSSR count). The van der Waals surface area contributed by atoms with Gasteiger partial charge >= 0.3 is 6.18 Å². The summed E-state index contributed by atoms with van der Waals surface area (Å²) < 4.78 is 79.3. The van der Waals surface area contributed by atoms with Crippen LogP contribution < -0.4 is 0 Å². The van der Waals surface area contributed by atoms with E-state index in [1.165, 1.54) is 10.9 Å². The maximum Gasteiger partial charge on any atom is 0.419 e. The van der Waals surface area contributed by atoms with Gasteiger partial charge in [0, 0.05) is 31.9 Å². The quantitative estimate of drug-likeness (QED) is 0.766. The molecule has 2 aromatic rings. The van der Waals surface area contributed by atoms with Crippen LogP contribution in [0.5, 0.6) is 0 Å². The Hall–Kier alpha value is -1.94. The number of rotatable bonds is 5. The molecular weight excluding hydrogens is 350 g/mol. The van der Waals surface area contributed by atoms with E-state index in [0.717, 1.165) is 10.4 Å². The normalized spacial score (nSPS) is 12.8. The average Bonchev–Trinajstić information content (AvgIpc) is 2.89. The first-order valence-electron chi connectivity index (χ1n) is 6.90. The van der Waals surface area contributed by atoms with E-state index in [1.807, 2.05) is 0 Å². The van der Waals surface area contributed by atoms with E-state index in [1.54, 1.807) is 20.2 Å². The second-order valence-electron chi connectivity index (χ2n) is 5.09. The summed E-state index contributed by atoms with van der Waals surface area (Å²) in [5, 5.41) is 3.91. The van der Waals surface area contributed by atoms with Gasteiger partial charge in [0.1, 0.15) is 5.82 Å². The summed E-state index contributed by atoms with van der Waals surface area (Å²) in [7, 11) is -2.55. The number of benzene rings is 1. The third-order valence-corrected chi connectivity index (χ3v) is 5.27. The van der Waals surface area contributed by atoms with Gasteiger partial charge in [0.2, 0.25) is 10.0 Å². The van der Waals surface area contributed by atoms with Crippen molar-refractivity contribution in [3.63, 3.8) is 0 Å². The molecule has 132 valence electrons. The molecule has 24 heavy (non-hydrogen) atoms.